The van der Waals surface area contributed by atoms with E-state index in [0.29, 0.717) is 12.0 Å². The van der Waals surface area contributed by atoms with E-state index in [4.69, 9.17) is 11.5 Å². The summed E-state index contributed by atoms with van der Waals surface area (Å²) in [5.41, 5.74) is 11.9. The molecule has 0 fully saturated rings. The number of primary amides is 1. The van der Waals surface area contributed by atoms with Crippen molar-refractivity contribution in [3.8, 4) is 5.75 Å². The standard InChI is InChI=1S/C28H44N6O8/c1-5-16(4)24(27(40)31-14-23(37)32-21(28(41)42)12-15(2)3)34-26(39)20(10-11-22(30)36)33-25(38)19(29)13-17-6-8-18(35)9-7-17/h6-9,15-16,19-21,24,35H,5,10-14,29H2,1-4H3,(H2,30,36)(H,31,40)(H,32,37)(H,33,38)(H,34,39)(H,41,42)/t16-,19-,20-,21-,24-/m0/s1. The van der Waals surface area contributed by atoms with Crippen molar-refractivity contribution < 1.29 is 39.0 Å². The molecule has 42 heavy (non-hydrogen) atoms. The third-order valence-corrected chi connectivity index (χ3v) is 6.60. The maximum absolute atomic E-state index is 13.2. The highest BCUT2D eigenvalue weighted by molar-refractivity contribution is 5.95. The number of hydrogen-bond donors (Lipinski definition) is 8. The Morgan fingerprint density at radius 2 is 1.50 bits per heavy atom. The zero-order valence-electron chi connectivity index (χ0n) is 24.5. The number of carbonyl (C=O) groups excluding carboxylic acids is 5. The van der Waals surface area contributed by atoms with Gasteiger partial charge in [0, 0.05) is 6.42 Å². The Balaban J connectivity index is 2.93. The van der Waals surface area contributed by atoms with Crippen molar-refractivity contribution in [2.24, 2.45) is 23.3 Å². The molecule has 0 radical (unpaired) electrons. The fraction of sp³-hybridized carbons (Fsp3) is 0.571. The number of benzene rings is 1. The lowest BCUT2D eigenvalue weighted by Crippen LogP contribution is -2.58. The van der Waals surface area contributed by atoms with Gasteiger partial charge in [-0.15, -0.1) is 0 Å². The number of nitrogens with two attached hydrogens (primary N) is 2. The minimum Gasteiger partial charge on any atom is -0.508 e. The normalized spacial score (nSPS) is 14.5. The summed E-state index contributed by atoms with van der Waals surface area (Å²) in [5, 5.41) is 28.7. The monoisotopic (exact) mass is 592 g/mol. The molecule has 14 heteroatoms. The number of nitrogens with one attached hydrogen (secondary N) is 4. The number of hydrogen-bond acceptors (Lipinski definition) is 8. The van der Waals surface area contributed by atoms with Gasteiger partial charge in [0.05, 0.1) is 12.6 Å². The fourth-order valence-corrected chi connectivity index (χ4v) is 3.98. The third kappa shape index (κ3) is 13.0. The summed E-state index contributed by atoms with van der Waals surface area (Å²) in [6.07, 6.45) is 0.402. The van der Waals surface area contributed by atoms with Crippen molar-refractivity contribution in [1.29, 1.82) is 0 Å². The molecule has 0 aromatic heterocycles. The molecule has 0 aliphatic heterocycles. The Bertz CT molecular complexity index is 1090. The van der Waals surface area contributed by atoms with Gasteiger partial charge in [0.2, 0.25) is 29.5 Å². The van der Waals surface area contributed by atoms with Crippen LogP contribution in [0.25, 0.3) is 0 Å². The molecule has 0 unspecified atom stereocenters. The molecule has 10 N–H and O–H groups in total. The molecule has 1 aromatic carbocycles. The third-order valence-electron chi connectivity index (χ3n) is 6.60. The number of amides is 5. The van der Waals surface area contributed by atoms with Crippen LogP contribution in [0.15, 0.2) is 24.3 Å². The van der Waals surface area contributed by atoms with Crippen molar-refractivity contribution in [2.75, 3.05) is 6.54 Å². The summed E-state index contributed by atoms with van der Waals surface area (Å²) in [4.78, 5) is 74.2. The number of carboxylic acids is 1. The highest BCUT2D eigenvalue weighted by Crippen LogP contribution is 2.12. The van der Waals surface area contributed by atoms with Crippen LogP contribution >= 0.6 is 0 Å². The van der Waals surface area contributed by atoms with Gasteiger partial charge in [-0.25, -0.2) is 4.79 Å². The second-order valence-electron chi connectivity index (χ2n) is 10.7. The van der Waals surface area contributed by atoms with E-state index in [1.807, 2.05) is 13.8 Å². The molecule has 0 spiro atoms. The SMILES string of the molecule is CC[C@H](C)[C@H](NC(=O)[C@H](CCC(N)=O)NC(=O)[C@@H](N)Cc1ccc(O)cc1)C(=O)NCC(=O)N[C@@H](CC(C)C)C(=O)O. The average Bonchev–Trinajstić information content (AvgIpc) is 2.92. The number of phenols is 1. The summed E-state index contributed by atoms with van der Waals surface area (Å²) in [7, 11) is 0. The molecule has 0 saturated carbocycles. The second kappa shape index (κ2) is 17.6. The summed E-state index contributed by atoms with van der Waals surface area (Å²) >= 11 is 0. The Morgan fingerprint density at radius 3 is 2.02 bits per heavy atom. The second-order valence-corrected chi connectivity index (χ2v) is 10.7. The molecule has 0 bridgehead atoms. The van der Waals surface area contributed by atoms with E-state index in [9.17, 15) is 39.0 Å². The first-order valence-electron chi connectivity index (χ1n) is 13.9. The first kappa shape index (κ1) is 35.8. The number of phenolic OH excluding ortho intramolecular Hbond substituents is 1. The van der Waals surface area contributed by atoms with Crippen LogP contribution in [-0.4, -0.2) is 76.4 Å². The summed E-state index contributed by atoms with van der Waals surface area (Å²) in [6.45, 7) is 6.61. The number of carbonyl (C=O) groups is 6. The summed E-state index contributed by atoms with van der Waals surface area (Å²) in [6, 6.07) is 1.56. The van der Waals surface area contributed by atoms with E-state index in [-0.39, 0.29) is 37.4 Å². The molecule has 0 aliphatic carbocycles. The van der Waals surface area contributed by atoms with Crippen LogP contribution in [0.1, 0.15) is 58.9 Å². The first-order chi connectivity index (χ1) is 19.6. The van der Waals surface area contributed by atoms with Crippen molar-refractivity contribution >= 4 is 35.5 Å². The molecule has 5 atom stereocenters. The van der Waals surface area contributed by atoms with E-state index in [0.717, 1.165) is 0 Å². The molecular weight excluding hydrogens is 548 g/mol. The summed E-state index contributed by atoms with van der Waals surface area (Å²) in [5.74, 6) is -5.05. The van der Waals surface area contributed by atoms with Gasteiger partial charge in [0.1, 0.15) is 23.9 Å². The molecule has 0 heterocycles. The largest absolute Gasteiger partial charge is 0.508 e. The minimum atomic E-state index is -1.24. The number of carboxylic acid groups (broad SMARTS) is 1. The molecular formula is C28H44N6O8. The topological polar surface area (TPSA) is 243 Å². The van der Waals surface area contributed by atoms with Crippen LogP contribution in [-0.2, 0) is 35.2 Å². The zero-order valence-corrected chi connectivity index (χ0v) is 24.5. The summed E-state index contributed by atoms with van der Waals surface area (Å²) < 4.78 is 0. The van der Waals surface area contributed by atoms with Crippen molar-refractivity contribution in [3.63, 3.8) is 0 Å². The number of aliphatic carboxylic acids is 1. The van der Waals surface area contributed by atoms with Gasteiger partial charge in [-0.3, -0.25) is 24.0 Å². The van der Waals surface area contributed by atoms with Crippen LogP contribution < -0.4 is 32.7 Å². The smallest absolute Gasteiger partial charge is 0.326 e. The highest BCUT2D eigenvalue weighted by atomic mass is 16.4. The molecule has 0 aliphatic rings. The Labute approximate surface area is 245 Å². The predicted molar refractivity (Wildman–Crippen MR) is 154 cm³/mol. The van der Waals surface area contributed by atoms with E-state index in [2.05, 4.69) is 21.3 Å². The van der Waals surface area contributed by atoms with Crippen molar-refractivity contribution in [1.82, 2.24) is 21.3 Å². The molecule has 1 aromatic rings. The first-order valence-corrected chi connectivity index (χ1v) is 13.9. The molecule has 5 amide bonds. The maximum atomic E-state index is 13.2. The van der Waals surface area contributed by atoms with Gasteiger partial charge in [-0.2, -0.15) is 0 Å². The molecule has 14 nitrogen and oxygen atoms in total. The average molecular weight is 593 g/mol. The van der Waals surface area contributed by atoms with Crippen LogP contribution in [0.3, 0.4) is 0 Å². The fourth-order valence-electron chi connectivity index (χ4n) is 3.98. The Morgan fingerprint density at radius 1 is 0.881 bits per heavy atom. The maximum Gasteiger partial charge on any atom is 0.326 e. The number of rotatable bonds is 18. The quantitative estimate of drug-likeness (QED) is 0.107. The number of aromatic hydroxyl groups is 1. The lowest BCUT2D eigenvalue weighted by molar-refractivity contribution is -0.142. The minimum absolute atomic E-state index is 0.0105. The van der Waals surface area contributed by atoms with E-state index in [1.165, 1.54) is 12.1 Å². The van der Waals surface area contributed by atoms with Gasteiger partial charge in [-0.1, -0.05) is 46.2 Å². The van der Waals surface area contributed by atoms with Gasteiger partial charge in [0.15, 0.2) is 0 Å². The highest BCUT2D eigenvalue weighted by Gasteiger charge is 2.31. The molecule has 234 valence electrons. The van der Waals surface area contributed by atoms with Crippen molar-refractivity contribution in [3.05, 3.63) is 29.8 Å². The van der Waals surface area contributed by atoms with Crippen LogP contribution in [0, 0.1) is 11.8 Å². The van der Waals surface area contributed by atoms with E-state index in [1.54, 1.807) is 26.0 Å². The van der Waals surface area contributed by atoms with Crippen LogP contribution in [0.2, 0.25) is 0 Å². The van der Waals surface area contributed by atoms with E-state index >= 15 is 0 Å². The molecule has 0 saturated heterocycles. The Hall–Kier alpha value is -4.20. The van der Waals surface area contributed by atoms with Gasteiger partial charge in [-0.05, 0) is 48.8 Å². The lowest BCUT2D eigenvalue weighted by atomic mass is 9.97. The Kier molecular flexibility index (Phi) is 15.0. The van der Waals surface area contributed by atoms with Gasteiger partial charge >= 0.3 is 5.97 Å². The van der Waals surface area contributed by atoms with Gasteiger partial charge in [0.25, 0.3) is 0 Å². The van der Waals surface area contributed by atoms with Crippen LogP contribution in [0.4, 0.5) is 0 Å². The van der Waals surface area contributed by atoms with Gasteiger partial charge < -0.3 is 42.9 Å². The molecule has 1 rings (SSSR count). The van der Waals surface area contributed by atoms with Crippen LogP contribution in [0.5, 0.6) is 5.75 Å². The van der Waals surface area contributed by atoms with E-state index < -0.39 is 72.1 Å². The lowest BCUT2D eigenvalue weighted by Gasteiger charge is -2.27. The zero-order chi connectivity index (χ0) is 32.0. The predicted octanol–water partition coefficient (Wildman–Crippen LogP) is -0.725. The van der Waals surface area contributed by atoms with Crippen molar-refractivity contribution in [2.45, 2.75) is 84.0 Å².